The van der Waals surface area contributed by atoms with Gasteiger partial charge in [0.1, 0.15) is 5.54 Å². The molecule has 1 aromatic heterocycles. The number of carbonyl (C=O) groups is 2. The Morgan fingerprint density at radius 1 is 1.24 bits per heavy atom. The lowest BCUT2D eigenvalue weighted by molar-refractivity contribution is -0.130. The molecule has 0 atom stereocenters. The minimum atomic E-state index is -0.814. The molecule has 1 aliphatic carbocycles. The zero-order chi connectivity index (χ0) is 17.9. The van der Waals surface area contributed by atoms with Gasteiger partial charge in [0.15, 0.2) is 5.13 Å². The van der Waals surface area contributed by atoms with Gasteiger partial charge in [-0.05, 0) is 25.0 Å². The lowest BCUT2D eigenvalue weighted by Gasteiger charge is -2.35. The highest BCUT2D eigenvalue weighted by Gasteiger charge is 2.40. The summed E-state index contributed by atoms with van der Waals surface area (Å²) in [5.41, 5.74) is 0.991. The second-order valence-corrected chi connectivity index (χ2v) is 8.10. The number of anilines is 1. The van der Waals surface area contributed by atoms with Crippen molar-refractivity contribution in [3.05, 3.63) is 34.1 Å². The molecule has 0 saturated heterocycles. The van der Waals surface area contributed by atoms with Gasteiger partial charge >= 0.3 is 0 Å². The van der Waals surface area contributed by atoms with Crippen molar-refractivity contribution >= 4 is 44.2 Å². The average Bonchev–Trinajstić information content (AvgIpc) is 3.03. The maximum Gasteiger partial charge on any atom is 0.251 e. The lowest BCUT2D eigenvalue weighted by atomic mass is 9.81. The van der Waals surface area contributed by atoms with Gasteiger partial charge in [0.25, 0.3) is 5.91 Å². The van der Waals surface area contributed by atoms with Crippen LogP contribution >= 0.6 is 27.3 Å². The van der Waals surface area contributed by atoms with Gasteiger partial charge in [0, 0.05) is 22.3 Å². The molecule has 1 aliphatic rings. The van der Waals surface area contributed by atoms with E-state index < -0.39 is 5.54 Å². The van der Waals surface area contributed by atoms with E-state index in [1.807, 2.05) is 29.6 Å². The summed E-state index contributed by atoms with van der Waals surface area (Å²) in [4.78, 5) is 29.0. The van der Waals surface area contributed by atoms with E-state index in [0.29, 0.717) is 18.0 Å². The number of carbonyl (C=O) groups excluding carboxylic acids is 2. The molecular formula is C18H20BrN3O2S. The third-order valence-electron chi connectivity index (χ3n) is 4.40. The molecular weight excluding hydrogens is 402 g/mol. The van der Waals surface area contributed by atoms with Crippen LogP contribution in [-0.2, 0) is 9.59 Å². The van der Waals surface area contributed by atoms with Crippen molar-refractivity contribution in [2.24, 2.45) is 0 Å². The van der Waals surface area contributed by atoms with Gasteiger partial charge in [-0.3, -0.25) is 14.9 Å². The highest BCUT2D eigenvalue weighted by molar-refractivity contribution is 9.10. The van der Waals surface area contributed by atoms with Gasteiger partial charge in [0.05, 0.1) is 5.69 Å². The summed E-state index contributed by atoms with van der Waals surface area (Å²) < 4.78 is 0.982. The first-order valence-corrected chi connectivity index (χ1v) is 9.97. The fourth-order valence-electron chi connectivity index (χ4n) is 3.23. The second kappa shape index (κ2) is 7.66. The van der Waals surface area contributed by atoms with Crippen LogP contribution < -0.4 is 10.6 Å². The van der Waals surface area contributed by atoms with Crippen molar-refractivity contribution in [1.29, 1.82) is 0 Å². The first-order valence-electron chi connectivity index (χ1n) is 8.30. The molecule has 0 aliphatic heterocycles. The van der Waals surface area contributed by atoms with Crippen LogP contribution in [0.25, 0.3) is 11.3 Å². The van der Waals surface area contributed by atoms with Crippen LogP contribution in [0, 0.1) is 0 Å². The van der Waals surface area contributed by atoms with E-state index in [1.165, 1.54) is 18.3 Å². The van der Waals surface area contributed by atoms with Crippen LogP contribution in [0.3, 0.4) is 0 Å². The highest BCUT2D eigenvalue weighted by Crippen LogP contribution is 2.31. The molecule has 132 valence electrons. The predicted octanol–water partition coefficient (Wildman–Crippen LogP) is 4.35. The van der Waals surface area contributed by atoms with Crippen molar-refractivity contribution in [2.75, 3.05) is 5.32 Å². The first-order chi connectivity index (χ1) is 12.0. The SMILES string of the molecule is CC(=O)NC1(C(=O)Nc2nc(-c3cccc(Br)c3)cs2)CCCCC1. The molecule has 2 N–H and O–H groups in total. The Balaban J connectivity index is 1.77. The van der Waals surface area contributed by atoms with Crippen LogP contribution in [0.5, 0.6) is 0 Å². The minimum Gasteiger partial charge on any atom is -0.342 e. The lowest BCUT2D eigenvalue weighted by Crippen LogP contribution is -2.57. The molecule has 0 unspecified atom stereocenters. The van der Waals surface area contributed by atoms with Crippen LogP contribution in [0.4, 0.5) is 5.13 Å². The van der Waals surface area contributed by atoms with Gasteiger partial charge in [-0.15, -0.1) is 11.3 Å². The minimum absolute atomic E-state index is 0.169. The monoisotopic (exact) mass is 421 g/mol. The molecule has 1 aromatic carbocycles. The second-order valence-electron chi connectivity index (χ2n) is 6.33. The fraction of sp³-hybridized carbons (Fsp3) is 0.389. The Hall–Kier alpha value is -1.73. The molecule has 3 rings (SSSR count). The topological polar surface area (TPSA) is 71.1 Å². The van der Waals surface area contributed by atoms with E-state index in [0.717, 1.165) is 35.0 Å². The number of hydrogen-bond donors (Lipinski definition) is 2. The summed E-state index contributed by atoms with van der Waals surface area (Å²) in [6.45, 7) is 1.46. The number of halogens is 1. The van der Waals surface area contributed by atoms with Crippen LogP contribution in [0.2, 0.25) is 0 Å². The third-order valence-corrected chi connectivity index (χ3v) is 5.65. The normalized spacial score (nSPS) is 16.2. The summed E-state index contributed by atoms with van der Waals surface area (Å²) in [6, 6.07) is 7.87. The van der Waals surface area contributed by atoms with Crippen molar-refractivity contribution in [3.63, 3.8) is 0 Å². The van der Waals surface area contributed by atoms with Crippen LogP contribution in [0.15, 0.2) is 34.1 Å². The Morgan fingerprint density at radius 2 is 2.00 bits per heavy atom. The molecule has 1 saturated carbocycles. The number of nitrogens with one attached hydrogen (secondary N) is 2. The molecule has 1 heterocycles. The van der Waals surface area contributed by atoms with Crippen LogP contribution in [0.1, 0.15) is 39.0 Å². The third kappa shape index (κ3) is 4.27. The van der Waals surface area contributed by atoms with E-state index in [-0.39, 0.29) is 11.8 Å². The number of amides is 2. The molecule has 0 spiro atoms. The number of benzene rings is 1. The average molecular weight is 422 g/mol. The number of hydrogen-bond acceptors (Lipinski definition) is 4. The van der Waals surface area contributed by atoms with Gasteiger partial charge in [-0.25, -0.2) is 4.98 Å². The number of aromatic nitrogens is 1. The van der Waals surface area contributed by atoms with Crippen LogP contribution in [-0.4, -0.2) is 22.3 Å². The van der Waals surface area contributed by atoms with E-state index >= 15 is 0 Å². The maximum absolute atomic E-state index is 12.9. The Morgan fingerprint density at radius 3 is 2.68 bits per heavy atom. The Kier molecular flexibility index (Phi) is 5.54. The summed E-state index contributed by atoms with van der Waals surface area (Å²) in [5, 5.41) is 8.26. The summed E-state index contributed by atoms with van der Waals surface area (Å²) in [5.74, 6) is -0.344. The summed E-state index contributed by atoms with van der Waals surface area (Å²) >= 11 is 4.84. The molecule has 25 heavy (non-hydrogen) atoms. The molecule has 2 aromatic rings. The van der Waals surface area contributed by atoms with Crippen molar-refractivity contribution in [2.45, 2.75) is 44.6 Å². The standard InChI is InChI=1S/C18H20BrN3O2S/c1-12(23)22-18(8-3-2-4-9-18)16(24)21-17-20-15(11-25-17)13-6-5-7-14(19)10-13/h5-7,10-11H,2-4,8-9H2,1H3,(H,22,23)(H,20,21,24). The number of nitrogens with zero attached hydrogens (tertiary/aromatic N) is 1. The van der Waals surface area contributed by atoms with Gasteiger partial charge in [-0.2, -0.15) is 0 Å². The fourth-order valence-corrected chi connectivity index (χ4v) is 4.34. The quantitative estimate of drug-likeness (QED) is 0.770. The highest BCUT2D eigenvalue weighted by atomic mass is 79.9. The number of thiazole rings is 1. The first kappa shape index (κ1) is 18.1. The van der Waals surface area contributed by atoms with Crippen molar-refractivity contribution < 1.29 is 9.59 Å². The van der Waals surface area contributed by atoms with Gasteiger partial charge < -0.3 is 5.32 Å². The molecule has 2 amide bonds. The van der Waals surface area contributed by atoms with E-state index in [1.54, 1.807) is 0 Å². The largest absolute Gasteiger partial charge is 0.342 e. The predicted molar refractivity (Wildman–Crippen MR) is 104 cm³/mol. The molecule has 1 fully saturated rings. The molecule has 7 heteroatoms. The molecule has 5 nitrogen and oxygen atoms in total. The molecule has 0 radical (unpaired) electrons. The Labute approximate surface area is 159 Å². The van der Waals surface area contributed by atoms with E-state index in [2.05, 4.69) is 31.5 Å². The zero-order valence-corrected chi connectivity index (χ0v) is 16.4. The van der Waals surface area contributed by atoms with Gasteiger partial charge in [0.2, 0.25) is 5.91 Å². The smallest absolute Gasteiger partial charge is 0.251 e. The zero-order valence-electron chi connectivity index (χ0n) is 14.0. The van der Waals surface area contributed by atoms with Crippen molar-refractivity contribution in [1.82, 2.24) is 10.3 Å². The maximum atomic E-state index is 12.9. The van der Waals surface area contributed by atoms with E-state index in [9.17, 15) is 9.59 Å². The summed E-state index contributed by atoms with van der Waals surface area (Å²) in [6.07, 6.45) is 4.31. The van der Waals surface area contributed by atoms with E-state index in [4.69, 9.17) is 0 Å². The summed E-state index contributed by atoms with van der Waals surface area (Å²) in [7, 11) is 0. The van der Waals surface area contributed by atoms with Crippen molar-refractivity contribution in [3.8, 4) is 11.3 Å². The Bertz CT molecular complexity index is 784. The van der Waals surface area contributed by atoms with Gasteiger partial charge in [-0.1, -0.05) is 47.3 Å². The number of rotatable bonds is 4. The molecule has 0 bridgehead atoms.